The number of amides is 2. The molecule has 0 saturated heterocycles. The van der Waals surface area contributed by atoms with Crippen molar-refractivity contribution < 1.29 is 14.3 Å². The van der Waals surface area contributed by atoms with Crippen LogP contribution in [-0.2, 0) is 14.3 Å². The summed E-state index contributed by atoms with van der Waals surface area (Å²) in [5.74, 6) is -1.36. The maximum absolute atomic E-state index is 13.4. The largest absolute Gasteiger partial charge is 0.376 e. The van der Waals surface area contributed by atoms with Gasteiger partial charge in [-0.25, -0.2) is 4.99 Å². The van der Waals surface area contributed by atoms with Crippen LogP contribution in [0.1, 0.15) is 29.7 Å². The Balaban J connectivity index is 1.67. The molecule has 0 spiro atoms. The van der Waals surface area contributed by atoms with Crippen LogP contribution in [0, 0.1) is 5.92 Å². The molecule has 35 heavy (non-hydrogen) atoms. The molecular formula is C27H25Cl2N3O3. The summed E-state index contributed by atoms with van der Waals surface area (Å²) < 4.78 is 5.62. The Kier molecular flexibility index (Phi) is 7.55. The summed E-state index contributed by atoms with van der Waals surface area (Å²) in [7, 11) is 3.20. The zero-order valence-electron chi connectivity index (χ0n) is 19.5. The van der Waals surface area contributed by atoms with E-state index in [9.17, 15) is 9.59 Å². The molecule has 0 aliphatic carbocycles. The number of carbonyl (C=O) groups excluding carboxylic acids is 2. The van der Waals surface area contributed by atoms with Gasteiger partial charge in [-0.3, -0.25) is 9.59 Å². The molecule has 3 atom stereocenters. The molecule has 0 fully saturated rings. The summed E-state index contributed by atoms with van der Waals surface area (Å²) in [5, 5.41) is 3.61. The number of carbonyl (C=O) groups is 2. The molecule has 6 nitrogen and oxygen atoms in total. The monoisotopic (exact) mass is 509 g/mol. The summed E-state index contributed by atoms with van der Waals surface area (Å²) in [5.41, 5.74) is 3.71. The van der Waals surface area contributed by atoms with Crippen LogP contribution < -0.4 is 10.2 Å². The van der Waals surface area contributed by atoms with Gasteiger partial charge in [0.1, 0.15) is 0 Å². The van der Waals surface area contributed by atoms with E-state index in [4.69, 9.17) is 32.9 Å². The number of hydrogen-bond acceptors (Lipinski definition) is 4. The minimum Gasteiger partial charge on any atom is -0.376 e. The SMILES string of the molecule is CO[C@H](c1ccc(Cl)c(Cl)c1)[C@H](C)C(=O)N[C@H]1N=C(c2ccccc2)c2ccccc2N(C)C1=O. The first kappa shape index (κ1) is 24.9. The van der Waals surface area contributed by atoms with Gasteiger partial charge in [0.05, 0.1) is 33.5 Å². The van der Waals surface area contributed by atoms with E-state index in [0.717, 1.165) is 16.8 Å². The lowest BCUT2D eigenvalue weighted by molar-refractivity contribution is -0.132. The molecular weight excluding hydrogens is 485 g/mol. The van der Waals surface area contributed by atoms with E-state index in [-0.39, 0.29) is 11.8 Å². The van der Waals surface area contributed by atoms with Crippen LogP contribution in [-0.4, -0.2) is 37.8 Å². The fraction of sp³-hybridized carbons (Fsp3) is 0.222. The van der Waals surface area contributed by atoms with Crippen LogP contribution in [0.25, 0.3) is 0 Å². The Hall–Kier alpha value is -3.19. The molecule has 3 aromatic carbocycles. The molecule has 1 aliphatic heterocycles. The Morgan fingerprint density at radius 1 is 1.03 bits per heavy atom. The molecule has 1 aliphatic rings. The van der Waals surface area contributed by atoms with Crippen molar-refractivity contribution in [2.24, 2.45) is 10.9 Å². The number of halogens is 2. The van der Waals surface area contributed by atoms with Gasteiger partial charge in [-0.2, -0.15) is 0 Å². The third-order valence-electron chi connectivity index (χ3n) is 6.06. The summed E-state index contributed by atoms with van der Waals surface area (Å²) in [6.45, 7) is 1.73. The third kappa shape index (κ3) is 5.10. The van der Waals surface area contributed by atoms with Gasteiger partial charge in [-0.15, -0.1) is 0 Å². The van der Waals surface area contributed by atoms with E-state index in [0.29, 0.717) is 21.3 Å². The average molecular weight is 510 g/mol. The number of anilines is 1. The van der Waals surface area contributed by atoms with Crippen molar-refractivity contribution in [1.82, 2.24) is 5.32 Å². The quantitative estimate of drug-likeness (QED) is 0.491. The standard InChI is InChI=1S/C27H25Cl2N3O3/c1-16(24(35-3)18-13-14-20(28)21(29)15-18)26(33)31-25-27(34)32(2)22-12-8-7-11-19(22)23(30-25)17-9-5-4-6-10-17/h4-16,24-25H,1-3H3,(H,31,33)/t16-,24-,25+/m0/s1. The van der Waals surface area contributed by atoms with Crippen molar-refractivity contribution in [2.45, 2.75) is 19.2 Å². The lowest BCUT2D eigenvalue weighted by Crippen LogP contribution is -2.48. The lowest BCUT2D eigenvalue weighted by Gasteiger charge is -2.25. The average Bonchev–Trinajstić information content (AvgIpc) is 2.97. The normalized spacial score (nSPS) is 17.2. The van der Waals surface area contributed by atoms with Gasteiger partial charge in [-0.1, -0.05) is 84.7 Å². The number of rotatable bonds is 6. The minimum atomic E-state index is -1.11. The van der Waals surface area contributed by atoms with E-state index in [1.54, 1.807) is 32.2 Å². The van der Waals surface area contributed by atoms with E-state index in [1.807, 2.05) is 54.6 Å². The molecule has 0 radical (unpaired) electrons. The van der Waals surface area contributed by atoms with E-state index < -0.39 is 18.2 Å². The maximum Gasteiger partial charge on any atom is 0.272 e. The molecule has 0 aromatic heterocycles. The van der Waals surface area contributed by atoms with Gasteiger partial charge in [0.2, 0.25) is 12.1 Å². The van der Waals surface area contributed by atoms with Gasteiger partial charge in [0.25, 0.3) is 5.91 Å². The van der Waals surface area contributed by atoms with Crippen LogP contribution in [0.3, 0.4) is 0 Å². The molecule has 1 heterocycles. The minimum absolute atomic E-state index is 0.340. The number of methoxy groups -OCH3 is 1. The number of likely N-dealkylation sites (N-methyl/N-ethyl adjacent to an activating group) is 1. The number of fused-ring (bicyclic) bond motifs is 1. The number of nitrogens with one attached hydrogen (secondary N) is 1. The maximum atomic E-state index is 13.4. The van der Waals surface area contributed by atoms with Crippen molar-refractivity contribution in [2.75, 3.05) is 19.1 Å². The van der Waals surface area contributed by atoms with Crippen molar-refractivity contribution in [3.05, 3.63) is 99.5 Å². The number of hydrogen-bond donors (Lipinski definition) is 1. The first-order chi connectivity index (χ1) is 16.8. The fourth-order valence-corrected chi connectivity index (χ4v) is 4.47. The molecule has 0 bridgehead atoms. The van der Waals surface area contributed by atoms with Gasteiger partial charge < -0.3 is 15.0 Å². The number of benzene rings is 3. The number of nitrogens with zero attached hydrogens (tertiary/aromatic N) is 2. The molecule has 180 valence electrons. The zero-order chi connectivity index (χ0) is 25.1. The van der Waals surface area contributed by atoms with E-state index >= 15 is 0 Å². The van der Waals surface area contributed by atoms with Gasteiger partial charge in [-0.05, 0) is 23.8 Å². The summed E-state index contributed by atoms with van der Waals surface area (Å²) in [6, 6.07) is 22.2. The third-order valence-corrected chi connectivity index (χ3v) is 6.80. The van der Waals surface area contributed by atoms with E-state index in [2.05, 4.69) is 5.32 Å². The highest BCUT2D eigenvalue weighted by Crippen LogP contribution is 2.32. The summed E-state index contributed by atoms with van der Waals surface area (Å²) in [4.78, 5) is 33.0. The molecule has 4 rings (SSSR count). The van der Waals surface area contributed by atoms with Crippen LogP contribution in [0.5, 0.6) is 0 Å². The number of benzodiazepines with no additional fused rings is 1. The van der Waals surface area contributed by atoms with Gasteiger partial charge in [0.15, 0.2) is 0 Å². The number of ether oxygens (including phenoxy) is 1. The van der Waals surface area contributed by atoms with Crippen molar-refractivity contribution in [3.63, 3.8) is 0 Å². The fourth-order valence-electron chi connectivity index (χ4n) is 4.16. The summed E-state index contributed by atoms with van der Waals surface area (Å²) in [6.07, 6.45) is -1.71. The van der Waals surface area contributed by atoms with Crippen molar-refractivity contribution in [1.29, 1.82) is 0 Å². The molecule has 0 saturated carbocycles. The second-order valence-corrected chi connectivity index (χ2v) is 9.10. The van der Waals surface area contributed by atoms with Gasteiger partial charge in [0, 0.05) is 25.3 Å². The van der Waals surface area contributed by atoms with Crippen LogP contribution >= 0.6 is 23.2 Å². The molecule has 2 amide bonds. The van der Waals surface area contributed by atoms with Crippen LogP contribution in [0.15, 0.2) is 77.8 Å². The second-order valence-electron chi connectivity index (χ2n) is 8.29. The predicted molar refractivity (Wildman–Crippen MR) is 139 cm³/mol. The zero-order valence-corrected chi connectivity index (χ0v) is 21.0. The molecule has 0 unspecified atom stereocenters. The van der Waals surface area contributed by atoms with Crippen LogP contribution in [0.4, 0.5) is 5.69 Å². The van der Waals surface area contributed by atoms with Gasteiger partial charge >= 0.3 is 0 Å². The molecule has 8 heteroatoms. The van der Waals surface area contributed by atoms with Crippen LogP contribution in [0.2, 0.25) is 10.0 Å². The highest BCUT2D eigenvalue weighted by molar-refractivity contribution is 6.42. The first-order valence-electron chi connectivity index (χ1n) is 11.1. The predicted octanol–water partition coefficient (Wildman–Crippen LogP) is 5.27. The topological polar surface area (TPSA) is 71.0 Å². The smallest absolute Gasteiger partial charge is 0.272 e. The summed E-state index contributed by atoms with van der Waals surface area (Å²) >= 11 is 12.2. The Labute approximate surface area is 214 Å². The second kappa shape index (κ2) is 10.6. The first-order valence-corrected chi connectivity index (χ1v) is 11.9. The van der Waals surface area contributed by atoms with E-state index in [1.165, 1.54) is 12.0 Å². The van der Waals surface area contributed by atoms with Crippen molar-refractivity contribution >= 4 is 46.4 Å². The Morgan fingerprint density at radius 3 is 2.40 bits per heavy atom. The molecule has 3 aromatic rings. The highest BCUT2D eigenvalue weighted by Gasteiger charge is 2.34. The lowest BCUT2D eigenvalue weighted by atomic mass is 9.96. The highest BCUT2D eigenvalue weighted by atomic mass is 35.5. The molecule has 1 N–H and O–H groups in total. The number of para-hydroxylation sites is 1. The van der Waals surface area contributed by atoms with Crippen molar-refractivity contribution in [3.8, 4) is 0 Å². The number of aliphatic imine (C=N–C) groups is 1. The Morgan fingerprint density at radius 2 is 1.71 bits per heavy atom. The Bertz CT molecular complexity index is 1280.